The highest BCUT2D eigenvalue weighted by atomic mass is 32.2. The van der Waals surface area contributed by atoms with Crippen molar-refractivity contribution in [2.75, 3.05) is 39.9 Å². The molecule has 222 valence electrons. The van der Waals surface area contributed by atoms with Gasteiger partial charge in [-0.2, -0.15) is 4.31 Å². The van der Waals surface area contributed by atoms with Crippen molar-refractivity contribution in [2.24, 2.45) is 0 Å². The van der Waals surface area contributed by atoms with Gasteiger partial charge in [0.25, 0.3) is 0 Å². The lowest BCUT2D eigenvalue weighted by Crippen LogP contribution is -2.51. The highest BCUT2D eigenvalue weighted by Crippen LogP contribution is 2.22. The van der Waals surface area contributed by atoms with Crippen LogP contribution in [0.5, 0.6) is 0 Å². The maximum absolute atomic E-state index is 13.9. The Kier molecular flexibility index (Phi) is 11.1. The van der Waals surface area contributed by atoms with Gasteiger partial charge in [-0.1, -0.05) is 78.4 Å². The smallest absolute Gasteiger partial charge is 0.246 e. The van der Waals surface area contributed by atoms with E-state index < -0.39 is 10.0 Å². The Hall–Kier alpha value is -3.79. The fourth-order valence-corrected chi connectivity index (χ4v) is 6.40. The van der Waals surface area contributed by atoms with Crippen LogP contribution in [0.4, 0.5) is 0 Å². The van der Waals surface area contributed by atoms with E-state index in [9.17, 15) is 18.0 Å². The summed E-state index contributed by atoms with van der Waals surface area (Å²) in [6.07, 6.45) is 4.61. The second-order valence-corrected chi connectivity index (χ2v) is 12.4. The van der Waals surface area contributed by atoms with Gasteiger partial charge in [0, 0.05) is 45.4 Å². The molecule has 2 amide bonds. The van der Waals surface area contributed by atoms with Crippen molar-refractivity contribution in [3.8, 4) is 0 Å². The van der Waals surface area contributed by atoms with Crippen molar-refractivity contribution in [3.63, 3.8) is 0 Å². The lowest BCUT2D eigenvalue weighted by Gasteiger charge is -2.39. The second-order valence-electron chi connectivity index (χ2n) is 10.5. The van der Waals surface area contributed by atoms with Gasteiger partial charge in [0.2, 0.25) is 21.8 Å². The lowest BCUT2D eigenvalue weighted by molar-refractivity contribution is -0.136. The molecule has 1 saturated heterocycles. The van der Waals surface area contributed by atoms with Gasteiger partial charge >= 0.3 is 0 Å². The Morgan fingerprint density at radius 2 is 1.55 bits per heavy atom. The van der Waals surface area contributed by atoms with Gasteiger partial charge in [-0.25, -0.2) is 8.42 Å². The third-order valence-corrected chi connectivity index (χ3v) is 9.33. The fraction of sp³-hybridized carbons (Fsp3) is 0.333. The lowest BCUT2D eigenvalue weighted by atomic mass is 10.0. The topological polar surface area (TPSA) is 87.2 Å². The van der Waals surface area contributed by atoms with E-state index in [-0.39, 0.29) is 42.4 Å². The first-order valence-electron chi connectivity index (χ1n) is 14.2. The molecular weight excluding hydrogens is 550 g/mol. The van der Waals surface area contributed by atoms with Crippen LogP contribution in [-0.4, -0.2) is 80.3 Å². The van der Waals surface area contributed by atoms with E-state index in [1.54, 1.807) is 34.1 Å². The van der Waals surface area contributed by atoms with Crippen molar-refractivity contribution in [3.05, 3.63) is 108 Å². The van der Waals surface area contributed by atoms with Gasteiger partial charge in [-0.15, -0.1) is 0 Å². The molecule has 1 heterocycles. The number of ether oxygens (including phenoxy) is 1. The van der Waals surface area contributed by atoms with E-state index >= 15 is 0 Å². The molecule has 0 bridgehead atoms. The predicted octanol–water partition coefficient (Wildman–Crippen LogP) is 4.37. The molecule has 1 fully saturated rings. The van der Waals surface area contributed by atoms with E-state index in [1.807, 2.05) is 67.6 Å². The summed E-state index contributed by atoms with van der Waals surface area (Å²) in [7, 11) is -2.41. The van der Waals surface area contributed by atoms with E-state index in [0.717, 1.165) is 16.7 Å². The summed E-state index contributed by atoms with van der Waals surface area (Å²) in [6.45, 7) is 3.30. The van der Waals surface area contributed by atoms with Crippen LogP contribution in [0.3, 0.4) is 0 Å². The molecule has 0 unspecified atom stereocenters. The largest absolute Gasteiger partial charge is 0.383 e. The molecule has 0 radical (unpaired) electrons. The van der Waals surface area contributed by atoms with Gasteiger partial charge in [0.1, 0.15) is 0 Å². The number of carbonyl (C=O) groups is 2. The summed E-state index contributed by atoms with van der Waals surface area (Å²) in [5.41, 5.74) is 3.04. The zero-order chi connectivity index (χ0) is 30.0. The first-order chi connectivity index (χ1) is 20.3. The Bertz CT molecular complexity index is 1440. The standard InChI is InChI=1S/C33H39N3O5S/c1-27-13-15-29(16-14-27)25-36(30-19-21-34(22-20-30)32(37)18-17-28-9-5-3-6-10-28)33(38)26-35(23-24-41-2)42(39,40)31-11-7-4-8-12-31/h3-18,30H,19-26H2,1-2H3/b18-17+. The normalized spacial score (nSPS) is 14.4. The second kappa shape index (κ2) is 14.9. The number of amides is 2. The average molecular weight is 590 g/mol. The molecule has 9 heteroatoms. The minimum absolute atomic E-state index is 0.0541. The van der Waals surface area contributed by atoms with Crippen molar-refractivity contribution < 1.29 is 22.7 Å². The minimum atomic E-state index is -3.92. The zero-order valence-electron chi connectivity index (χ0n) is 24.3. The van der Waals surface area contributed by atoms with Crippen LogP contribution in [0.15, 0.2) is 95.9 Å². The average Bonchev–Trinajstić information content (AvgIpc) is 3.02. The summed E-state index contributed by atoms with van der Waals surface area (Å²) < 4.78 is 33.4. The maximum Gasteiger partial charge on any atom is 0.246 e. The number of nitrogens with zero attached hydrogens (tertiary/aromatic N) is 3. The van der Waals surface area contributed by atoms with Crippen LogP contribution in [0.2, 0.25) is 0 Å². The molecule has 3 aromatic carbocycles. The van der Waals surface area contributed by atoms with Crippen LogP contribution in [0.1, 0.15) is 29.5 Å². The summed E-state index contributed by atoms with van der Waals surface area (Å²) in [5.74, 6) is -0.339. The zero-order valence-corrected chi connectivity index (χ0v) is 25.1. The van der Waals surface area contributed by atoms with Crippen LogP contribution >= 0.6 is 0 Å². The minimum Gasteiger partial charge on any atom is -0.383 e. The van der Waals surface area contributed by atoms with Crippen molar-refractivity contribution in [1.82, 2.24) is 14.1 Å². The monoisotopic (exact) mass is 589 g/mol. The number of methoxy groups -OCH3 is 1. The number of likely N-dealkylation sites (tertiary alicyclic amines) is 1. The molecule has 42 heavy (non-hydrogen) atoms. The van der Waals surface area contributed by atoms with E-state index in [0.29, 0.717) is 32.5 Å². The molecule has 1 aliphatic rings. The van der Waals surface area contributed by atoms with Gasteiger partial charge in [-0.05, 0) is 49.1 Å². The Morgan fingerprint density at radius 1 is 0.929 bits per heavy atom. The van der Waals surface area contributed by atoms with Gasteiger partial charge in [0.05, 0.1) is 18.0 Å². The first kappa shape index (κ1) is 31.2. The number of rotatable bonds is 12. The number of sulfonamides is 1. The summed E-state index contributed by atoms with van der Waals surface area (Å²) >= 11 is 0. The van der Waals surface area contributed by atoms with E-state index in [4.69, 9.17) is 4.74 Å². The SMILES string of the molecule is COCCN(CC(=O)N(Cc1ccc(C)cc1)C1CCN(C(=O)/C=C/c2ccccc2)CC1)S(=O)(=O)c1ccccc1. The fourth-order valence-electron chi connectivity index (χ4n) is 5.01. The van der Waals surface area contributed by atoms with E-state index in [2.05, 4.69) is 0 Å². The number of piperidine rings is 1. The van der Waals surface area contributed by atoms with Gasteiger partial charge < -0.3 is 14.5 Å². The van der Waals surface area contributed by atoms with Gasteiger partial charge in [0.15, 0.2) is 0 Å². The molecule has 8 nitrogen and oxygen atoms in total. The summed E-state index contributed by atoms with van der Waals surface area (Å²) in [5, 5.41) is 0. The predicted molar refractivity (Wildman–Crippen MR) is 164 cm³/mol. The Labute approximate surface area is 249 Å². The third-order valence-electron chi connectivity index (χ3n) is 7.47. The van der Waals surface area contributed by atoms with E-state index in [1.165, 1.54) is 23.5 Å². The highest BCUT2D eigenvalue weighted by Gasteiger charge is 2.33. The highest BCUT2D eigenvalue weighted by molar-refractivity contribution is 7.89. The first-order valence-corrected chi connectivity index (χ1v) is 15.6. The molecule has 0 atom stereocenters. The molecule has 3 aromatic rings. The Morgan fingerprint density at radius 3 is 2.17 bits per heavy atom. The molecule has 0 saturated carbocycles. The molecule has 4 rings (SSSR count). The van der Waals surface area contributed by atoms with Crippen LogP contribution in [-0.2, 0) is 30.9 Å². The number of hydrogen-bond acceptors (Lipinski definition) is 5. The summed E-state index contributed by atoms with van der Waals surface area (Å²) in [4.78, 5) is 30.5. The summed E-state index contributed by atoms with van der Waals surface area (Å²) in [6, 6.07) is 25.7. The molecule has 0 N–H and O–H groups in total. The Balaban J connectivity index is 1.50. The molecule has 1 aliphatic heterocycles. The quantitative estimate of drug-likeness (QED) is 0.293. The van der Waals surface area contributed by atoms with Crippen LogP contribution in [0, 0.1) is 6.92 Å². The van der Waals surface area contributed by atoms with Crippen LogP contribution < -0.4 is 0 Å². The van der Waals surface area contributed by atoms with Crippen molar-refractivity contribution in [2.45, 2.75) is 37.2 Å². The van der Waals surface area contributed by atoms with Crippen molar-refractivity contribution in [1.29, 1.82) is 0 Å². The van der Waals surface area contributed by atoms with Crippen LogP contribution in [0.25, 0.3) is 6.08 Å². The molecule has 0 aliphatic carbocycles. The number of carbonyl (C=O) groups excluding carboxylic acids is 2. The number of aryl methyl sites for hydroxylation is 1. The number of hydrogen-bond donors (Lipinski definition) is 0. The van der Waals surface area contributed by atoms with Crippen molar-refractivity contribution >= 4 is 27.9 Å². The molecular formula is C33H39N3O5S. The number of benzene rings is 3. The third kappa shape index (κ3) is 8.38. The molecule has 0 aromatic heterocycles. The molecule has 0 spiro atoms. The maximum atomic E-state index is 13.9. The van der Waals surface area contributed by atoms with Gasteiger partial charge in [-0.3, -0.25) is 9.59 Å².